The summed E-state index contributed by atoms with van der Waals surface area (Å²) in [6.45, 7) is 2.57. The standard InChI is InChI=1S/C28H26N2O9/c1-4-15-38-24-12-6-20(16-26(24)36-2)8-14-28(31)39-25-13-7-19(17-27(25)37-3)5-9-21-10-11-22(29(32)33)18-23(21)30(34)35/h5-14,16-18H,4,15H2,1-3H3/b9-5+,14-8+. The number of nitrogens with zero attached hydrogens (tertiary/aromatic N) is 2. The Morgan fingerprint density at radius 2 is 1.44 bits per heavy atom. The van der Waals surface area contributed by atoms with Crippen LogP contribution < -0.4 is 18.9 Å². The molecule has 3 rings (SSSR count). The van der Waals surface area contributed by atoms with Crippen molar-refractivity contribution in [3.05, 3.63) is 97.6 Å². The first-order chi connectivity index (χ1) is 18.7. The fourth-order valence-corrected chi connectivity index (χ4v) is 3.43. The maximum atomic E-state index is 12.4. The van der Waals surface area contributed by atoms with Gasteiger partial charge in [0, 0.05) is 12.1 Å². The third kappa shape index (κ3) is 7.65. The zero-order chi connectivity index (χ0) is 28.4. The first-order valence-electron chi connectivity index (χ1n) is 11.8. The topological polar surface area (TPSA) is 140 Å². The second kappa shape index (κ2) is 13.4. The Balaban J connectivity index is 1.73. The van der Waals surface area contributed by atoms with Crippen LogP contribution in [-0.4, -0.2) is 36.6 Å². The number of hydrogen-bond donors (Lipinski definition) is 0. The number of carbonyl (C=O) groups is 1. The smallest absolute Gasteiger partial charge is 0.336 e. The molecule has 0 saturated heterocycles. The van der Waals surface area contributed by atoms with Crippen LogP contribution in [0.2, 0.25) is 0 Å². The molecule has 0 aliphatic rings. The Kier molecular flexibility index (Phi) is 9.74. The molecule has 0 fully saturated rings. The van der Waals surface area contributed by atoms with Gasteiger partial charge in [0.2, 0.25) is 0 Å². The molecule has 0 atom stereocenters. The molecular formula is C28H26N2O9. The van der Waals surface area contributed by atoms with E-state index in [4.69, 9.17) is 18.9 Å². The second-order valence-corrected chi connectivity index (χ2v) is 8.01. The van der Waals surface area contributed by atoms with E-state index in [2.05, 4.69) is 0 Å². The van der Waals surface area contributed by atoms with Gasteiger partial charge in [-0.1, -0.05) is 25.1 Å². The van der Waals surface area contributed by atoms with Gasteiger partial charge in [-0.2, -0.15) is 0 Å². The number of non-ortho nitro benzene ring substituents is 1. The van der Waals surface area contributed by atoms with Crippen LogP contribution in [0, 0.1) is 20.2 Å². The molecule has 3 aromatic carbocycles. The summed E-state index contributed by atoms with van der Waals surface area (Å²) >= 11 is 0. The number of esters is 1. The molecule has 202 valence electrons. The minimum absolute atomic E-state index is 0.173. The molecule has 0 aromatic heterocycles. The minimum Gasteiger partial charge on any atom is -0.493 e. The molecule has 0 aliphatic carbocycles. The summed E-state index contributed by atoms with van der Waals surface area (Å²) in [4.78, 5) is 33.3. The largest absolute Gasteiger partial charge is 0.493 e. The molecule has 0 amide bonds. The number of benzene rings is 3. The van der Waals surface area contributed by atoms with Crippen LogP contribution in [0.3, 0.4) is 0 Å². The van der Waals surface area contributed by atoms with E-state index in [0.717, 1.165) is 12.5 Å². The van der Waals surface area contributed by atoms with Crippen LogP contribution in [0.15, 0.2) is 60.7 Å². The van der Waals surface area contributed by atoms with E-state index in [1.54, 1.807) is 42.5 Å². The average Bonchev–Trinajstić information content (AvgIpc) is 2.94. The van der Waals surface area contributed by atoms with Gasteiger partial charge in [-0.15, -0.1) is 0 Å². The molecule has 0 saturated carbocycles. The van der Waals surface area contributed by atoms with Gasteiger partial charge in [0.15, 0.2) is 23.0 Å². The predicted octanol–water partition coefficient (Wildman–Crippen LogP) is 6.10. The van der Waals surface area contributed by atoms with Crippen LogP contribution in [0.5, 0.6) is 23.0 Å². The van der Waals surface area contributed by atoms with Gasteiger partial charge in [-0.05, 0) is 60.0 Å². The van der Waals surface area contributed by atoms with E-state index in [0.29, 0.717) is 29.2 Å². The highest BCUT2D eigenvalue weighted by molar-refractivity contribution is 5.89. The second-order valence-electron chi connectivity index (χ2n) is 8.01. The Morgan fingerprint density at radius 3 is 2.05 bits per heavy atom. The molecule has 39 heavy (non-hydrogen) atoms. The number of nitro benzene ring substituents is 2. The quantitative estimate of drug-likeness (QED) is 0.0673. The van der Waals surface area contributed by atoms with E-state index >= 15 is 0 Å². The number of ether oxygens (including phenoxy) is 4. The lowest BCUT2D eigenvalue weighted by molar-refractivity contribution is -0.394. The molecule has 11 nitrogen and oxygen atoms in total. The zero-order valence-electron chi connectivity index (χ0n) is 21.5. The monoisotopic (exact) mass is 534 g/mol. The van der Waals surface area contributed by atoms with Crippen LogP contribution in [-0.2, 0) is 4.79 Å². The van der Waals surface area contributed by atoms with E-state index in [-0.39, 0.29) is 22.7 Å². The molecule has 0 aliphatic heterocycles. The molecule has 0 bridgehead atoms. The maximum Gasteiger partial charge on any atom is 0.336 e. The van der Waals surface area contributed by atoms with Gasteiger partial charge in [0.05, 0.1) is 42.3 Å². The Bertz CT molecular complexity index is 1430. The van der Waals surface area contributed by atoms with E-state index in [1.807, 2.05) is 6.92 Å². The van der Waals surface area contributed by atoms with Gasteiger partial charge in [-0.25, -0.2) is 4.79 Å². The Hall–Kier alpha value is -5.19. The summed E-state index contributed by atoms with van der Waals surface area (Å²) in [6.07, 6.45) is 6.73. The van der Waals surface area contributed by atoms with Crippen LogP contribution in [0.1, 0.15) is 30.0 Å². The van der Waals surface area contributed by atoms with Crippen LogP contribution in [0.4, 0.5) is 11.4 Å². The van der Waals surface area contributed by atoms with Gasteiger partial charge in [0.1, 0.15) is 0 Å². The third-order valence-corrected chi connectivity index (χ3v) is 5.34. The predicted molar refractivity (Wildman–Crippen MR) is 145 cm³/mol. The molecule has 0 heterocycles. The summed E-state index contributed by atoms with van der Waals surface area (Å²) in [5.74, 6) is 0.954. The van der Waals surface area contributed by atoms with Gasteiger partial charge < -0.3 is 18.9 Å². The molecule has 0 N–H and O–H groups in total. The van der Waals surface area contributed by atoms with E-state index in [9.17, 15) is 25.0 Å². The summed E-state index contributed by atoms with van der Waals surface area (Å²) in [5.41, 5.74) is 0.711. The summed E-state index contributed by atoms with van der Waals surface area (Å²) in [7, 11) is 2.94. The lowest BCUT2D eigenvalue weighted by Crippen LogP contribution is -2.05. The average molecular weight is 535 g/mol. The van der Waals surface area contributed by atoms with E-state index in [1.165, 1.54) is 44.6 Å². The van der Waals surface area contributed by atoms with Crippen molar-refractivity contribution in [2.75, 3.05) is 20.8 Å². The summed E-state index contributed by atoms with van der Waals surface area (Å²) in [5, 5.41) is 22.3. The van der Waals surface area contributed by atoms with Crippen LogP contribution in [0.25, 0.3) is 18.2 Å². The highest BCUT2D eigenvalue weighted by Crippen LogP contribution is 2.31. The van der Waals surface area contributed by atoms with Gasteiger partial charge in [0.25, 0.3) is 11.4 Å². The lowest BCUT2D eigenvalue weighted by atomic mass is 10.1. The molecule has 3 aromatic rings. The van der Waals surface area contributed by atoms with Gasteiger partial charge >= 0.3 is 5.97 Å². The van der Waals surface area contributed by atoms with Crippen molar-refractivity contribution >= 4 is 35.6 Å². The zero-order valence-corrected chi connectivity index (χ0v) is 21.5. The first kappa shape index (κ1) is 28.4. The first-order valence-corrected chi connectivity index (χ1v) is 11.8. The molecule has 0 radical (unpaired) electrons. The number of nitro groups is 2. The van der Waals surface area contributed by atoms with Crippen LogP contribution >= 0.6 is 0 Å². The minimum atomic E-state index is -0.698. The van der Waals surface area contributed by atoms with Crippen molar-refractivity contribution in [1.29, 1.82) is 0 Å². The SMILES string of the molecule is CCCOc1ccc(/C=C/C(=O)Oc2ccc(/C=C/c3ccc([N+](=O)[O-])cc3[N+](=O)[O-])cc2OC)cc1OC. The highest BCUT2D eigenvalue weighted by Gasteiger charge is 2.18. The molecule has 0 spiro atoms. The number of hydrogen-bond acceptors (Lipinski definition) is 9. The fraction of sp³-hybridized carbons (Fsp3) is 0.179. The fourth-order valence-electron chi connectivity index (χ4n) is 3.43. The highest BCUT2D eigenvalue weighted by atomic mass is 16.6. The van der Waals surface area contributed by atoms with Crippen molar-refractivity contribution in [3.8, 4) is 23.0 Å². The number of carbonyl (C=O) groups excluding carboxylic acids is 1. The Morgan fingerprint density at radius 1 is 0.795 bits per heavy atom. The van der Waals surface area contributed by atoms with E-state index < -0.39 is 21.5 Å². The molecule has 0 unspecified atom stereocenters. The van der Waals surface area contributed by atoms with Gasteiger partial charge in [-0.3, -0.25) is 20.2 Å². The number of rotatable bonds is 12. The Labute approximate surface area is 224 Å². The van der Waals surface area contributed by atoms with Crippen molar-refractivity contribution in [2.45, 2.75) is 13.3 Å². The third-order valence-electron chi connectivity index (χ3n) is 5.34. The lowest BCUT2D eigenvalue weighted by Gasteiger charge is -2.10. The van der Waals surface area contributed by atoms with Crippen molar-refractivity contribution in [1.82, 2.24) is 0 Å². The van der Waals surface area contributed by atoms with Crippen molar-refractivity contribution in [2.24, 2.45) is 0 Å². The number of methoxy groups -OCH3 is 2. The maximum absolute atomic E-state index is 12.4. The van der Waals surface area contributed by atoms with Crippen molar-refractivity contribution in [3.63, 3.8) is 0 Å². The summed E-state index contributed by atoms with van der Waals surface area (Å²) < 4.78 is 21.7. The van der Waals surface area contributed by atoms with Crippen molar-refractivity contribution < 1.29 is 33.6 Å². The normalized spacial score (nSPS) is 10.9. The molecule has 11 heteroatoms. The molecular weight excluding hydrogens is 508 g/mol. The summed E-state index contributed by atoms with van der Waals surface area (Å²) in [6, 6.07) is 13.4.